The smallest absolute Gasteiger partial charge is 0.244 e. The minimum Gasteiger partial charge on any atom is -0.347 e. The molecule has 0 radical (unpaired) electrons. The lowest BCUT2D eigenvalue weighted by Crippen LogP contribution is -2.20. The van der Waals surface area contributed by atoms with E-state index in [9.17, 15) is 4.79 Å². The Morgan fingerprint density at radius 3 is 2.90 bits per heavy atom. The summed E-state index contributed by atoms with van der Waals surface area (Å²) in [7, 11) is 1.85. The van der Waals surface area contributed by atoms with Crippen molar-refractivity contribution in [3.05, 3.63) is 41.5 Å². The van der Waals surface area contributed by atoms with E-state index in [1.807, 2.05) is 37.8 Å². The molecule has 0 saturated carbocycles. The molecule has 2 rings (SSSR count). The van der Waals surface area contributed by atoms with Crippen LogP contribution in [-0.4, -0.2) is 25.5 Å². The topological polar surface area (TPSA) is 64.7 Å². The minimum absolute atomic E-state index is 0.140. The molecule has 6 heteroatoms. The zero-order chi connectivity index (χ0) is 14.5. The Kier molecular flexibility index (Phi) is 4.34. The van der Waals surface area contributed by atoms with Gasteiger partial charge in [0.25, 0.3) is 0 Å². The van der Waals surface area contributed by atoms with Gasteiger partial charge in [-0.1, -0.05) is 0 Å². The van der Waals surface area contributed by atoms with Crippen LogP contribution in [0.5, 0.6) is 0 Å². The van der Waals surface area contributed by atoms with Gasteiger partial charge in [-0.25, -0.2) is 0 Å². The summed E-state index contributed by atoms with van der Waals surface area (Å²) in [4.78, 5) is 11.7. The van der Waals surface area contributed by atoms with Crippen molar-refractivity contribution in [1.29, 1.82) is 0 Å². The Morgan fingerprint density at radius 1 is 1.50 bits per heavy atom. The van der Waals surface area contributed by atoms with E-state index < -0.39 is 0 Å². The molecular formula is C14H19N5O. The van der Waals surface area contributed by atoms with Gasteiger partial charge in [-0.3, -0.25) is 14.2 Å². The number of hydrogen-bond donors (Lipinski definition) is 1. The number of amides is 1. The summed E-state index contributed by atoms with van der Waals surface area (Å²) >= 11 is 0. The van der Waals surface area contributed by atoms with Gasteiger partial charge in [0, 0.05) is 37.1 Å². The first-order valence-electron chi connectivity index (χ1n) is 6.57. The van der Waals surface area contributed by atoms with Crippen molar-refractivity contribution < 1.29 is 4.79 Å². The van der Waals surface area contributed by atoms with E-state index in [1.165, 1.54) is 6.08 Å². The Balaban J connectivity index is 1.90. The zero-order valence-electron chi connectivity index (χ0n) is 12.0. The molecule has 0 aliphatic carbocycles. The van der Waals surface area contributed by atoms with E-state index in [1.54, 1.807) is 17.0 Å². The second kappa shape index (κ2) is 6.18. The Hall–Kier alpha value is -2.37. The van der Waals surface area contributed by atoms with Crippen molar-refractivity contribution >= 4 is 12.0 Å². The second-order valence-corrected chi connectivity index (χ2v) is 4.53. The lowest BCUT2D eigenvalue weighted by Gasteiger charge is -1.99. The van der Waals surface area contributed by atoms with Gasteiger partial charge < -0.3 is 5.32 Å². The standard InChI is InChI=1S/C14H19N5O/c1-4-19-11(2)12(9-16-19)5-6-14(20)15-10-13-7-8-18(3)17-13/h5-9H,4,10H2,1-3H3,(H,15,20)/b6-5+. The van der Waals surface area contributed by atoms with Crippen molar-refractivity contribution in [2.75, 3.05) is 0 Å². The van der Waals surface area contributed by atoms with E-state index in [0.717, 1.165) is 23.5 Å². The highest BCUT2D eigenvalue weighted by Crippen LogP contribution is 2.08. The van der Waals surface area contributed by atoms with Crippen molar-refractivity contribution in [2.45, 2.75) is 26.9 Å². The largest absolute Gasteiger partial charge is 0.347 e. The highest BCUT2D eigenvalue weighted by molar-refractivity contribution is 5.91. The molecule has 0 fully saturated rings. The second-order valence-electron chi connectivity index (χ2n) is 4.53. The van der Waals surface area contributed by atoms with Gasteiger partial charge in [-0.05, 0) is 26.0 Å². The SMILES string of the molecule is CCn1ncc(/C=C/C(=O)NCc2ccn(C)n2)c1C. The first-order valence-corrected chi connectivity index (χ1v) is 6.57. The van der Waals surface area contributed by atoms with Crippen LogP contribution in [0.4, 0.5) is 0 Å². The number of aryl methyl sites for hydroxylation is 2. The van der Waals surface area contributed by atoms with Gasteiger partial charge in [0.2, 0.25) is 5.91 Å². The van der Waals surface area contributed by atoms with Crippen LogP contribution >= 0.6 is 0 Å². The number of nitrogens with zero attached hydrogens (tertiary/aromatic N) is 4. The molecule has 1 N–H and O–H groups in total. The first-order chi connectivity index (χ1) is 9.60. The van der Waals surface area contributed by atoms with Crippen LogP contribution in [0.1, 0.15) is 23.9 Å². The quantitative estimate of drug-likeness (QED) is 0.834. The number of rotatable bonds is 5. The van der Waals surface area contributed by atoms with E-state index in [2.05, 4.69) is 15.5 Å². The van der Waals surface area contributed by atoms with E-state index in [4.69, 9.17) is 0 Å². The third-order valence-corrected chi connectivity index (χ3v) is 3.07. The van der Waals surface area contributed by atoms with Gasteiger partial charge in [0.15, 0.2) is 0 Å². The normalized spacial score (nSPS) is 11.2. The van der Waals surface area contributed by atoms with Crippen molar-refractivity contribution in [3.63, 3.8) is 0 Å². The zero-order valence-corrected chi connectivity index (χ0v) is 12.0. The van der Waals surface area contributed by atoms with Gasteiger partial charge in [-0.15, -0.1) is 0 Å². The summed E-state index contributed by atoms with van der Waals surface area (Å²) in [6.07, 6.45) is 6.91. The van der Waals surface area contributed by atoms with Gasteiger partial charge in [0.05, 0.1) is 18.4 Å². The Labute approximate surface area is 118 Å². The molecular weight excluding hydrogens is 254 g/mol. The summed E-state index contributed by atoms with van der Waals surface area (Å²) in [5.41, 5.74) is 2.85. The van der Waals surface area contributed by atoms with Crippen LogP contribution in [-0.2, 0) is 24.9 Å². The third-order valence-electron chi connectivity index (χ3n) is 3.07. The van der Waals surface area contributed by atoms with Crippen LogP contribution in [0.3, 0.4) is 0 Å². The van der Waals surface area contributed by atoms with E-state index >= 15 is 0 Å². The number of aromatic nitrogens is 4. The highest BCUT2D eigenvalue weighted by Gasteiger charge is 2.03. The molecule has 6 nitrogen and oxygen atoms in total. The maximum Gasteiger partial charge on any atom is 0.244 e. The lowest BCUT2D eigenvalue weighted by atomic mass is 10.2. The van der Waals surface area contributed by atoms with Crippen molar-refractivity contribution in [2.24, 2.45) is 7.05 Å². The molecule has 0 aromatic carbocycles. The highest BCUT2D eigenvalue weighted by atomic mass is 16.1. The molecule has 2 aromatic heterocycles. The summed E-state index contributed by atoms with van der Waals surface area (Å²) < 4.78 is 3.60. The summed E-state index contributed by atoms with van der Waals surface area (Å²) in [5, 5.41) is 11.2. The van der Waals surface area contributed by atoms with Gasteiger partial charge in [0.1, 0.15) is 0 Å². The maximum atomic E-state index is 11.7. The number of hydrogen-bond acceptors (Lipinski definition) is 3. The number of carbonyl (C=O) groups excluding carboxylic acids is 1. The summed E-state index contributed by atoms with van der Waals surface area (Å²) in [6.45, 7) is 5.28. The molecule has 0 unspecified atom stereocenters. The molecule has 2 aromatic rings. The molecule has 0 bridgehead atoms. The molecule has 0 aliphatic rings. The molecule has 106 valence electrons. The van der Waals surface area contributed by atoms with E-state index in [-0.39, 0.29) is 5.91 Å². The molecule has 2 heterocycles. The van der Waals surface area contributed by atoms with Gasteiger partial charge >= 0.3 is 0 Å². The van der Waals surface area contributed by atoms with Crippen LogP contribution < -0.4 is 5.32 Å². The lowest BCUT2D eigenvalue weighted by molar-refractivity contribution is -0.116. The average Bonchev–Trinajstić information content (AvgIpc) is 3.00. The van der Waals surface area contributed by atoms with Crippen molar-refractivity contribution in [3.8, 4) is 0 Å². The fourth-order valence-electron chi connectivity index (χ4n) is 1.90. The summed E-state index contributed by atoms with van der Waals surface area (Å²) in [5.74, 6) is -0.140. The van der Waals surface area contributed by atoms with Gasteiger partial charge in [-0.2, -0.15) is 10.2 Å². The Bertz CT molecular complexity index is 623. The van der Waals surface area contributed by atoms with Crippen LogP contribution in [0.2, 0.25) is 0 Å². The average molecular weight is 273 g/mol. The third kappa shape index (κ3) is 3.34. The molecule has 0 atom stereocenters. The molecule has 0 saturated heterocycles. The summed E-state index contributed by atoms with van der Waals surface area (Å²) in [6, 6.07) is 1.87. The van der Waals surface area contributed by atoms with Crippen LogP contribution in [0.15, 0.2) is 24.5 Å². The predicted molar refractivity (Wildman–Crippen MR) is 76.7 cm³/mol. The van der Waals surface area contributed by atoms with Crippen LogP contribution in [0, 0.1) is 6.92 Å². The number of nitrogens with one attached hydrogen (secondary N) is 1. The molecule has 0 aliphatic heterocycles. The van der Waals surface area contributed by atoms with E-state index in [0.29, 0.717) is 6.54 Å². The van der Waals surface area contributed by atoms with Crippen LogP contribution in [0.25, 0.3) is 6.08 Å². The van der Waals surface area contributed by atoms with Crippen molar-refractivity contribution in [1.82, 2.24) is 24.9 Å². The predicted octanol–water partition coefficient (Wildman–Crippen LogP) is 1.27. The fraction of sp³-hybridized carbons (Fsp3) is 0.357. The molecule has 0 spiro atoms. The molecule has 20 heavy (non-hydrogen) atoms. The fourth-order valence-corrected chi connectivity index (χ4v) is 1.90. The minimum atomic E-state index is -0.140. The molecule has 1 amide bonds. The monoisotopic (exact) mass is 273 g/mol. The number of carbonyl (C=O) groups is 1. The first kappa shape index (κ1) is 14.0. The maximum absolute atomic E-state index is 11.7. The Morgan fingerprint density at radius 2 is 2.30 bits per heavy atom.